The van der Waals surface area contributed by atoms with E-state index in [0.29, 0.717) is 18.2 Å². The second-order valence-electron chi connectivity index (χ2n) is 5.90. The van der Waals surface area contributed by atoms with Gasteiger partial charge in [-0.2, -0.15) is 0 Å². The van der Waals surface area contributed by atoms with E-state index in [1.54, 1.807) is 18.5 Å². The van der Waals surface area contributed by atoms with Crippen LogP contribution in [0.2, 0.25) is 0 Å². The standard InChI is InChI=1S/C16H21N5O2/c1-11-8-14(23-20-11)16(22)21-7-3-4-12(10-21)9-13-15(17-2)19-6-5-18-13/h5-6,8,12H,3-4,7,9-10H2,1-2H3,(H,17,19)/t12-/m1/s1. The van der Waals surface area contributed by atoms with Crippen LogP contribution in [0.3, 0.4) is 0 Å². The molecular formula is C16H21N5O2. The summed E-state index contributed by atoms with van der Waals surface area (Å²) in [5.41, 5.74) is 1.67. The molecule has 0 bridgehead atoms. The molecule has 0 saturated carbocycles. The van der Waals surface area contributed by atoms with Gasteiger partial charge in [0.15, 0.2) is 0 Å². The minimum atomic E-state index is -0.0803. The summed E-state index contributed by atoms with van der Waals surface area (Å²) in [6, 6.07) is 1.69. The van der Waals surface area contributed by atoms with Crippen LogP contribution in [-0.2, 0) is 6.42 Å². The van der Waals surface area contributed by atoms with Gasteiger partial charge < -0.3 is 14.7 Å². The summed E-state index contributed by atoms with van der Waals surface area (Å²) in [6.07, 6.45) is 6.26. The van der Waals surface area contributed by atoms with Gasteiger partial charge in [-0.05, 0) is 32.1 Å². The van der Waals surface area contributed by atoms with E-state index in [1.807, 2.05) is 18.9 Å². The fourth-order valence-corrected chi connectivity index (χ4v) is 3.03. The lowest BCUT2D eigenvalue weighted by atomic mass is 9.93. The Hall–Kier alpha value is -2.44. The molecule has 0 aromatic carbocycles. The molecule has 0 unspecified atom stereocenters. The van der Waals surface area contributed by atoms with Crippen molar-refractivity contribution in [3.8, 4) is 0 Å². The summed E-state index contributed by atoms with van der Waals surface area (Å²) in [6.45, 7) is 3.28. The van der Waals surface area contributed by atoms with Crippen molar-refractivity contribution in [1.82, 2.24) is 20.0 Å². The largest absolute Gasteiger partial charge is 0.372 e. The van der Waals surface area contributed by atoms with Crippen molar-refractivity contribution in [2.24, 2.45) is 5.92 Å². The van der Waals surface area contributed by atoms with Gasteiger partial charge in [-0.25, -0.2) is 4.98 Å². The Morgan fingerprint density at radius 1 is 1.43 bits per heavy atom. The molecule has 1 aliphatic heterocycles. The zero-order chi connectivity index (χ0) is 16.2. The topological polar surface area (TPSA) is 84.2 Å². The number of piperidine rings is 1. The van der Waals surface area contributed by atoms with Gasteiger partial charge in [0.2, 0.25) is 5.76 Å². The first-order chi connectivity index (χ1) is 11.2. The third-order valence-electron chi connectivity index (χ3n) is 4.14. The molecule has 1 atom stereocenters. The molecule has 0 spiro atoms. The van der Waals surface area contributed by atoms with Gasteiger partial charge in [-0.1, -0.05) is 5.16 Å². The van der Waals surface area contributed by atoms with Crippen LogP contribution in [0, 0.1) is 12.8 Å². The molecule has 0 radical (unpaired) electrons. The van der Waals surface area contributed by atoms with Crippen molar-refractivity contribution in [2.75, 3.05) is 25.5 Å². The highest BCUT2D eigenvalue weighted by molar-refractivity contribution is 5.91. The number of likely N-dealkylation sites (tertiary alicyclic amines) is 1. The molecular weight excluding hydrogens is 294 g/mol. The number of rotatable bonds is 4. The number of aryl methyl sites for hydroxylation is 1. The van der Waals surface area contributed by atoms with Crippen LogP contribution in [0.4, 0.5) is 5.82 Å². The Balaban J connectivity index is 1.67. The number of aromatic nitrogens is 3. The molecule has 2 aromatic rings. The van der Waals surface area contributed by atoms with E-state index >= 15 is 0 Å². The SMILES string of the molecule is CNc1nccnc1C[C@H]1CCCN(C(=O)c2cc(C)no2)C1. The number of hydrogen-bond acceptors (Lipinski definition) is 6. The van der Waals surface area contributed by atoms with Gasteiger partial charge in [-0.3, -0.25) is 9.78 Å². The summed E-state index contributed by atoms with van der Waals surface area (Å²) in [5, 5.41) is 6.86. The predicted molar refractivity (Wildman–Crippen MR) is 85.2 cm³/mol. The van der Waals surface area contributed by atoms with Gasteiger partial charge in [0.25, 0.3) is 5.91 Å². The fraction of sp³-hybridized carbons (Fsp3) is 0.500. The van der Waals surface area contributed by atoms with Crippen LogP contribution in [0.15, 0.2) is 23.0 Å². The van der Waals surface area contributed by atoms with Crippen molar-refractivity contribution >= 4 is 11.7 Å². The Bertz CT molecular complexity index is 685. The second-order valence-corrected chi connectivity index (χ2v) is 5.90. The maximum absolute atomic E-state index is 12.5. The van der Waals surface area contributed by atoms with Crippen LogP contribution in [0.5, 0.6) is 0 Å². The number of carbonyl (C=O) groups excluding carboxylic acids is 1. The third-order valence-corrected chi connectivity index (χ3v) is 4.14. The van der Waals surface area contributed by atoms with E-state index in [0.717, 1.165) is 43.0 Å². The van der Waals surface area contributed by atoms with Crippen LogP contribution < -0.4 is 5.32 Å². The number of nitrogens with one attached hydrogen (secondary N) is 1. The summed E-state index contributed by atoms with van der Waals surface area (Å²) in [5.74, 6) is 1.42. The molecule has 0 aliphatic carbocycles. The number of anilines is 1. The van der Waals surface area contributed by atoms with Crippen LogP contribution in [-0.4, -0.2) is 46.1 Å². The molecule has 1 fully saturated rings. The number of amides is 1. The molecule has 1 N–H and O–H groups in total. The maximum Gasteiger partial charge on any atom is 0.292 e. The highest BCUT2D eigenvalue weighted by atomic mass is 16.5. The van der Waals surface area contributed by atoms with Gasteiger partial charge in [0.1, 0.15) is 5.82 Å². The Morgan fingerprint density at radius 3 is 3.00 bits per heavy atom. The molecule has 7 nitrogen and oxygen atoms in total. The van der Waals surface area contributed by atoms with Crippen molar-refractivity contribution in [3.63, 3.8) is 0 Å². The van der Waals surface area contributed by atoms with Crippen molar-refractivity contribution in [3.05, 3.63) is 35.6 Å². The molecule has 3 rings (SSSR count). The molecule has 1 amide bonds. The minimum Gasteiger partial charge on any atom is -0.372 e. The molecule has 23 heavy (non-hydrogen) atoms. The van der Waals surface area contributed by atoms with Gasteiger partial charge >= 0.3 is 0 Å². The maximum atomic E-state index is 12.5. The minimum absolute atomic E-state index is 0.0803. The lowest BCUT2D eigenvalue weighted by molar-refractivity contribution is 0.0631. The lowest BCUT2D eigenvalue weighted by Crippen LogP contribution is -2.40. The van der Waals surface area contributed by atoms with Crippen molar-refractivity contribution < 1.29 is 9.32 Å². The van der Waals surface area contributed by atoms with Gasteiger partial charge in [0, 0.05) is 38.6 Å². The molecule has 2 aromatic heterocycles. The summed E-state index contributed by atoms with van der Waals surface area (Å²) in [7, 11) is 1.84. The first kappa shape index (κ1) is 15.5. The van der Waals surface area contributed by atoms with E-state index in [4.69, 9.17) is 4.52 Å². The zero-order valence-electron chi connectivity index (χ0n) is 13.5. The highest BCUT2D eigenvalue weighted by Crippen LogP contribution is 2.23. The highest BCUT2D eigenvalue weighted by Gasteiger charge is 2.27. The van der Waals surface area contributed by atoms with Gasteiger partial charge in [0.05, 0.1) is 11.4 Å². The van der Waals surface area contributed by atoms with Crippen molar-refractivity contribution in [2.45, 2.75) is 26.2 Å². The fourth-order valence-electron chi connectivity index (χ4n) is 3.03. The third kappa shape index (κ3) is 3.49. The van der Waals surface area contributed by atoms with E-state index in [2.05, 4.69) is 20.4 Å². The summed E-state index contributed by atoms with van der Waals surface area (Å²) in [4.78, 5) is 23.0. The Labute approximate surface area is 135 Å². The number of hydrogen-bond donors (Lipinski definition) is 1. The molecule has 7 heteroatoms. The summed E-state index contributed by atoms with van der Waals surface area (Å²) >= 11 is 0. The Kier molecular flexibility index (Phi) is 4.55. The first-order valence-corrected chi connectivity index (χ1v) is 7.87. The smallest absolute Gasteiger partial charge is 0.292 e. The molecule has 3 heterocycles. The average Bonchev–Trinajstić information content (AvgIpc) is 3.01. The van der Waals surface area contributed by atoms with E-state index in [9.17, 15) is 4.79 Å². The quantitative estimate of drug-likeness (QED) is 0.928. The average molecular weight is 315 g/mol. The first-order valence-electron chi connectivity index (χ1n) is 7.87. The van der Waals surface area contributed by atoms with Gasteiger partial charge in [-0.15, -0.1) is 0 Å². The van der Waals surface area contributed by atoms with Crippen LogP contribution in [0.25, 0.3) is 0 Å². The Morgan fingerprint density at radius 2 is 2.26 bits per heavy atom. The number of carbonyl (C=O) groups is 1. The summed E-state index contributed by atoms with van der Waals surface area (Å²) < 4.78 is 5.10. The normalized spacial score (nSPS) is 18.0. The van der Waals surface area contributed by atoms with E-state index in [-0.39, 0.29) is 5.91 Å². The zero-order valence-corrected chi connectivity index (χ0v) is 13.5. The van der Waals surface area contributed by atoms with Crippen molar-refractivity contribution in [1.29, 1.82) is 0 Å². The molecule has 1 aliphatic rings. The predicted octanol–water partition coefficient (Wildman–Crippen LogP) is 1.91. The monoisotopic (exact) mass is 315 g/mol. The number of nitrogens with zero attached hydrogens (tertiary/aromatic N) is 4. The van der Waals surface area contributed by atoms with Crippen LogP contribution in [0.1, 0.15) is 34.8 Å². The van der Waals surface area contributed by atoms with E-state index < -0.39 is 0 Å². The lowest BCUT2D eigenvalue weighted by Gasteiger charge is -2.32. The second kappa shape index (κ2) is 6.76. The molecule has 122 valence electrons. The molecule has 1 saturated heterocycles. The van der Waals surface area contributed by atoms with E-state index in [1.165, 1.54) is 0 Å². The van der Waals surface area contributed by atoms with Crippen LogP contribution >= 0.6 is 0 Å².